The van der Waals surface area contributed by atoms with E-state index >= 15 is 0 Å². The summed E-state index contributed by atoms with van der Waals surface area (Å²) in [5.41, 5.74) is 2.25. The summed E-state index contributed by atoms with van der Waals surface area (Å²) in [5.74, 6) is -0.436. The van der Waals surface area contributed by atoms with Crippen LogP contribution in [0.4, 0.5) is 4.39 Å². The van der Waals surface area contributed by atoms with Gasteiger partial charge in [-0.25, -0.2) is 4.39 Å². The van der Waals surface area contributed by atoms with Gasteiger partial charge in [0.1, 0.15) is 17.3 Å². The molecule has 1 aliphatic rings. The molecule has 0 bridgehead atoms. The van der Waals surface area contributed by atoms with E-state index in [1.807, 2.05) is 0 Å². The van der Waals surface area contributed by atoms with Crippen molar-refractivity contribution in [2.24, 2.45) is 0 Å². The van der Waals surface area contributed by atoms with Crippen LogP contribution in [0.1, 0.15) is 79.3 Å². The van der Waals surface area contributed by atoms with Crippen LogP contribution < -0.4 is 14.8 Å². The number of hydrogen-bond acceptors (Lipinski definition) is 6. The van der Waals surface area contributed by atoms with Crippen LogP contribution in [-0.4, -0.2) is 30.2 Å². The van der Waals surface area contributed by atoms with Gasteiger partial charge in [-0.15, -0.1) is 0 Å². The molecule has 3 aromatic carbocycles. The Bertz CT molecular complexity index is 1490. The van der Waals surface area contributed by atoms with Crippen molar-refractivity contribution in [3.63, 3.8) is 0 Å². The van der Waals surface area contributed by atoms with E-state index in [0.29, 0.717) is 35.5 Å². The minimum absolute atomic E-state index is 0.220. The Morgan fingerprint density at radius 2 is 1.34 bits per heavy atom. The van der Waals surface area contributed by atoms with Gasteiger partial charge in [0.2, 0.25) is 0 Å². The third-order valence-corrected chi connectivity index (χ3v) is 7.13. The molecule has 228 valence electrons. The van der Waals surface area contributed by atoms with Crippen LogP contribution in [0.3, 0.4) is 0 Å². The fourth-order valence-electron chi connectivity index (χ4n) is 4.69. The molecule has 0 fully saturated rings. The van der Waals surface area contributed by atoms with Crippen molar-refractivity contribution in [1.82, 2.24) is 5.32 Å². The molecule has 4 rings (SSSR count). The Labute approximate surface area is 256 Å². The molecule has 0 radical (unpaired) electrons. The van der Waals surface area contributed by atoms with E-state index in [9.17, 15) is 23.6 Å². The lowest BCUT2D eigenvalue weighted by atomic mass is 10.1. The Kier molecular flexibility index (Phi) is 12.2. The van der Waals surface area contributed by atoms with Gasteiger partial charge >= 0.3 is 5.97 Å². The van der Waals surface area contributed by atoms with Crippen LogP contribution in [-0.2, 0) is 14.4 Å². The standard InChI is InChI=1S/C36H36FNO6/c37-29-17-13-28(14-18-29)33(39)23-12-26-10-19-31(20-11-26)44-35(41)9-7-5-3-1-2-4-6-8-24-43-30-21-15-27(16-22-30)32-25-34(40)38-36(32)42/h10-23,25H,1-9,24H2,(H,38,40,42). The SMILES string of the molecule is O=C1C=C(c2ccc(OCCCCCCCCCCC(=O)Oc3ccc(C=CC(=O)c4ccc(F)cc4)cc3)cc2)C(=O)N1. The number of ether oxygens (including phenoxy) is 2. The maximum Gasteiger partial charge on any atom is 0.311 e. The summed E-state index contributed by atoms with van der Waals surface area (Å²) in [6, 6.07) is 19.5. The van der Waals surface area contributed by atoms with Gasteiger partial charge in [-0.1, -0.05) is 68.9 Å². The van der Waals surface area contributed by atoms with Crippen molar-refractivity contribution >= 4 is 35.2 Å². The number of nitrogens with one attached hydrogen (secondary N) is 1. The maximum atomic E-state index is 13.0. The fourth-order valence-corrected chi connectivity index (χ4v) is 4.69. The maximum absolute atomic E-state index is 13.0. The molecule has 3 aromatic rings. The number of allylic oxidation sites excluding steroid dienone is 1. The average Bonchev–Trinajstić information content (AvgIpc) is 3.37. The number of esters is 1. The van der Waals surface area contributed by atoms with Gasteiger partial charge in [0.25, 0.3) is 11.8 Å². The van der Waals surface area contributed by atoms with Gasteiger partial charge in [-0.05, 0) is 78.6 Å². The number of benzene rings is 3. The number of carbonyl (C=O) groups excluding carboxylic acids is 4. The molecule has 1 aliphatic heterocycles. The summed E-state index contributed by atoms with van der Waals surface area (Å²) in [5, 5.41) is 2.24. The fraction of sp³-hybridized carbons (Fsp3) is 0.278. The van der Waals surface area contributed by atoms with E-state index in [-0.39, 0.29) is 23.5 Å². The summed E-state index contributed by atoms with van der Waals surface area (Å²) < 4.78 is 24.2. The van der Waals surface area contributed by atoms with Crippen LogP contribution >= 0.6 is 0 Å². The second kappa shape index (κ2) is 16.7. The Morgan fingerprint density at radius 1 is 0.727 bits per heavy atom. The molecule has 1 N–H and O–H groups in total. The van der Waals surface area contributed by atoms with Gasteiger partial charge < -0.3 is 9.47 Å². The smallest absolute Gasteiger partial charge is 0.311 e. The second-order valence-corrected chi connectivity index (χ2v) is 10.6. The van der Waals surface area contributed by atoms with Crippen molar-refractivity contribution in [1.29, 1.82) is 0 Å². The highest BCUT2D eigenvalue weighted by molar-refractivity contribution is 6.33. The Hall–Kier alpha value is -4.85. The van der Waals surface area contributed by atoms with Crippen molar-refractivity contribution in [2.45, 2.75) is 57.8 Å². The first kappa shape index (κ1) is 32.1. The van der Waals surface area contributed by atoms with Gasteiger partial charge in [0, 0.05) is 18.1 Å². The van der Waals surface area contributed by atoms with E-state index in [4.69, 9.17) is 9.47 Å². The molecule has 0 spiro atoms. The predicted molar refractivity (Wildman–Crippen MR) is 166 cm³/mol. The number of rotatable bonds is 17. The van der Waals surface area contributed by atoms with E-state index < -0.39 is 5.91 Å². The van der Waals surface area contributed by atoms with E-state index in [2.05, 4.69) is 5.32 Å². The monoisotopic (exact) mass is 597 g/mol. The second-order valence-electron chi connectivity index (χ2n) is 10.6. The first-order chi connectivity index (χ1) is 21.4. The first-order valence-electron chi connectivity index (χ1n) is 15.0. The molecule has 44 heavy (non-hydrogen) atoms. The summed E-state index contributed by atoms with van der Waals surface area (Å²) in [7, 11) is 0. The van der Waals surface area contributed by atoms with E-state index in [0.717, 1.165) is 62.7 Å². The highest BCUT2D eigenvalue weighted by Crippen LogP contribution is 2.22. The zero-order chi connectivity index (χ0) is 31.1. The van der Waals surface area contributed by atoms with Crippen molar-refractivity contribution in [3.8, 4) is 11.5 Å². The van der Waals surface area contributed by atoms with E-state index in [1.54, 1.807) is 54.6 Å². The topological polar surface area (TPSA) is 98.8 Å². The van der Waals surface area contributed by atoms with Gasteiger partial charge in [0.15, 0.2) is 5.78 Å². The van der Waals surface area contributed by atoms with E-state index in [1.165, 1.54) is 36.4 Å². The molecule has 0 unspecified atom stereocenters. The molecule has 0 aromatic heterocycles. The molecular formula is C36H36FNO6. The highest BCUT2D eigenvalue weighted by Gasteiger charge is 2.21. The molecule has 0 aliphatic carbocycles. The van der Waals surface area contributed by atoms with Crippen molar-refractivity contribution < 1.29 is 33.0 Å². The minimum Gasteiger partial charge on any atom is -0.494 e. The third kappa shape index (κ3) is 10.5. The number of imide groups is 1. The van der Waals surface area contributed by atoms with Crippen molar-refractivity contribution in [3.05, 3.63) is 107 Å². The quantitative estimate of drug-likeness (QED) is 0.0439. The van der Waals surface area contributed by atoms with Crippen molar-refractivity contribution in [2.75, 3.05) is 6.61 Å². The number of amides is 2. The van der Waals surface area contributed by atoms with Crippen LogP contribution in [0.25, 0.3) is 11.6 Å². The van der Waals surface area contributed by atoms with Gasteiger partial charge in [0.05, 0.1) is 12.2 Å². The zero-order valence-electron chi connectivity index (χ0n) is 24.6. The summed E-state index contributed by atoms with van der Waals surface area (Å²) in [4.78, 5) is 47.4. The van der Waals surface area contributed by atoms with Gasteiger partial charge in [-0.2, -0.15) is 0 Å². The lowest BCUT2D eigenvalue weighted by Crippen LogP contribution is -2.21. The first-order valence-corrected chi connectivity index (χ1v) is 15.0. The van der Waals surface area contributed by atoms with Gasteiger partial charge in [-0.3, -0.25) is 24.5 Å². The lowest BCUT2D eigenvalue weighted by Gasteiger charge is -2.07. The molecule has 1 heterocycles. The molecule has 7 nitrogen and oxygen atoms in total. The molecule has 2 amide bonds. The molecule has 0 atom stereocenters. The number of hydrogen-bond donors (Lipinski definition) is 1. The molecule has 8 heteroatoms. The number of halogens is 1. The lowest BCUT2D eigenvalue weighted by molar-refractivity contribution is -0.134. The molecular weight excluding hydrogens is 561 g/mol. The minimum atomic E-state index is -0.391. The Balaban J connectivity index is 0.994. The van der Waals surface area contributed by atoms with Crippen LogP contribution in [0.5, 0.6) is 11.5 Å². The normalized spacial score (nSPS) is 12.7. The largest absolute Gasteiger partial charge is 0.494 e. The summed E-state index contributed by atoms with van der Waals surface area (Å²) in [6.07, 6.45) is 13.1. The average molecular weight is 598 g/mol. The number of unbranched alkanes of at least 4 members (excludes halogenated alkanes) is 7. The zero-order valence-corrected chi connectivity index (χ0v) is 24.6. The van der Waals surface area contributed by atoms with Crippen LogP contribution in [0.2, 0.25) is 0 Å². The Morgan fingerprint density at radius 3 is 1.98 bits per heavy atom. The third-order valence-electron chi connectivity index (χ3n) is 7.13. The predicted octanol–water partition coefficient (Wildman–Crippen LogP) is 7.26. The molecule has 0 saturated heterocycles. The molecule has 0 saturated carbocycles. The van der Waals surface area contributed by atoms with Crippen LogP contribution in [0.15, 0.2) is 84.9 Å². The number of ketones is 1. The summed E-state index contributed by atoms with van der Waals surface area (Å²) in [6.45, 7) is 0.625. The number of carbonyl (C=O) groups is 4. The highest BCUT2D eigenvalue weighted by atomic mass is 19.1. The van der Waals surface area contributed by atoms with Crippen LogP contribution in [0, 0.1) is 5.82 Å². The summed E-state index contributed by atoms with van der Waals surface area (Å²) >= 11 is 0.